The Morgan fingerprint density at radius 1 is 1.35 bits per heavy atom. The Bertz CT molecular complexity index is 352. The first-order chi connectivity index (χ1) is 8.11. The third-order valence-electron chi connectivity index (χ3n) is 3.51. The van der Waals surface area contributed by atoms with Crippen LogP contribution >= 0.6 is 0 Å². The molecule has 0 spiro atoms. The Labute approximate surface area is 104 Å². The first-order valence-corrected chi connectivity index (χ1v) is 6.13. The van der Waals surface area contributed by atoms with Crippen molar-refractivity contribution >= 4 is 0 Å². The lowest BCUT2D eigenvalue weighted by Crippen LogP contribution is -2.33. The van der Waals surface area contributed by atoms with Crippen LogP contribution in [-0.2, 0) is 4.74 Å². The van der Waals surface area contributed by atoms with Crippen molar-refractivity contribution < 1.29 is 4.74 Å². The SMILES string of the molecule is COCCC(C)C(NN)c1cccc(C)c1C. The quantitative estimate of drug-likeness (QED) is 0.589. The summed E-state index contributed by atoms with van der Waals surface area (Å²) < 4.78 is 5.13. The van der Waals surface area contributed by atoms with Crippen LogP contribution in [-0.4, -0.2) is 13.7 Å². The zero-order valence-corrected chi connectivity index (χ0v) is 11.3. The summed E-state index contributed by atoms with van der Waals surface area (Å²) in [6, 6.07) is 6.55. The Kier molecular flexibility index (Phi) is 5.62. The topological polar surface area (TPSA) is 47.3 Å². The van der Waals surface area contributed by atoms with Crippen molar-refractivity contribution in [1.29, 1.82) is 0 Å². The molecule has 2 unspecified atom stereocenters. The molecule has 1 aromatic carbocycles. The number of nitrogens with two attached hydrogens (primary N) is 1. The molecule has 0 radical (unpaired) electrons. The minimum Gasteiger partial charge on any atom is -0.385 e. The molecule has 0 aliphatic heterocycles. The van der Waals surface area contributed by atoms with Crippen molar-refractivity contribution in [2.24, 2.45) is 11.8 Å². The molecule has 0 aliphatic carbocycles. The van der Waals surface area contributed by atoms with Gasteiger partial charge >= 0.3 is 0 Å². The number of rotatable bonds is 6. The van der Waals surface area contributed by atoms with Crippen LogP contribution in [0.15, 0.2) is 18.2 Å². The summed E-state index contributed by atoms with van der Waals surface area (Å²) in [5.41, 5.74) is 6.85. The largest absolute Gasteiger partial charge is 0.385 e. The van der Waals surface area contributed by atoms with E-state index >= 15 is 0 Å². The Hall–Kier alpha value is -0.900. The first-order valence-electron chi connectivity index (χ1n) is 6.13. The molecule has 0 heterocycles. The summed E-state index contributed by atoms with van der Waals surface area (Å²) in [5, 5.41) is 0. The van der Waals surface area contributed by atoms with E-state index in [1.807, 2.05) is 0 Å². The molecule has 0 aromatic heterocycles. The number of aryl methyl sites for hydroxylation is 1. The van der Waals surface area contributed by atoms with E-state index in [-0.39, 0.29) is 6.04 Å². The van der Waals surface area contributed by atoms with Crippen molar-refractivity contribution in [3.63, 3.8) is 0 Å². The van der Waals surface area contributed by atoms with Gasteiger partial charge in [0.2, 0.25) is 0 Å². The van der Waals surface area contributed by atoms with E-state index in [1.54, 1.807) is 7.11 Å². The third kappa shape index (κ3) is 3.53. The highest BCUT2D eigenvalue weighted by Gasteiger charge is 2.19. The van der Waals surface area contributed by atoms with Crippen LogP contribution < -0.4 is 11.3 Å². The van der Waals surface area contributed by atoms with Crippen molar-refractivity contribution in [1.82, 2.24) is 5.43 Å². The van der Waals surface area contributed by atoms with Gasteiger partial charge in [-0.25, -0.2) is 0 Å². The number of hydrogen-bond acceptors (Lipinski definition) is 3. The van der Waals surface area contributed by atoms with E-state index in [0.717, 1.165) is 13.0 Å². The maximum absolute atomic E-state index is 5.71. The molecule has 3 heteroatoms. The molecular weight excluding hydrogens is 212 g/mol. The van der Waals surface area contributed by atoms with Gasteiger partial charge in [0.25, 0.3) is 0 Å². The van der Waals surface area contributed by atoms with Crippen molar-refractivity contribution in [2.45, 2.75) is 33.2 Å². The molecule has 2 atom stereocenters. The summed E-state index contributed by atoms with van der Waals surface area (Å²) >= 11 is 0. The summed E-state index contributed by atoms with van der Waals surface area (Å²) in [4.78, 5) is 0. The number of benzene rings is 1. The number of ether oxygens (including phenoxy) is 1. The van der Waals surface area contributed by atoms with E-state index < -0.39 is 0 Å². The number of hydrogen-bond donors (Lipinski definition) is 2. The molecule has 1 aromatic rings. The Balaban J connectivity index is 2.89. The fraction of sp³-hybridized carbons (Fsp3) is 0.571. The van der Waals surface area contributed by atoms with Crippen molar-refractivity contribution in [2.75, 3.05) is 13.7 Å². The highest BCUT2D eigenvalue weighted by Crippen LogP contribution is 2.27. The molecule has 0 saturated heterocycles. The van der Waals surface area contributed by atoms with Crippen LogP contribution in [0.25, 0.3) is 0 Å². The molecule has 1 rings (SSSR count). The average Bonchev–Trinajstić information content (AvgIpc) is 2.32. The molecular formula is C14H24N2O. The zero-order chi connectivity index (χ0) is 12.8. The van der Waals surface area contributed by atoms with E-state index in [1.165, 1.54) is 16.7 Å². The Morgan fingerprint density at radius 2 is 2.06 bits per heavy atom. The predicted octanol–water partition coefficient (Wildman–Crippen LogP) is 2.48. The standard InChI is InChI=1S/C14H24N2O/c1-10-6-5-7-13(12(10)3)14(16-15)11(2)8-9-17-4/h5-7,11,14,16H,8-9,15H2,1-4H3. The monoisotopic (exact) mass is 236 g/mol. The van der Waals surface area contributed by atoms with Gasteiger partial charge in [0.1, 0.15) is 0 Å². The molecule has 0 bridgehead atoms. The molecule has 0 saturated carbocycles. The fourth-order valence-electron chi connectivity index (χ4n) is 2.14. The maximum Gasteiger partial charge on any atom is 0.0489 e. The van der Waals surface area contributed by atoms with Gasteiger partial charge in [-0.1, -0.05) is 25.1 Å². The van der Waals surface area contributed by atoms with Gasteiger partial charge < -0.3 is 4.74 Å². The summed E-state index contributed by atoms with van der Waals surface area (Å²) in [6.45, 7) is 7.25. The van der Waals surface area contributed by atoms with Crippen LogP contribution in [0.3, 0.4) is 0 Å². The second-order valence-corrected chi connectivity index (χ2v) is 4.69. The van der Waals surface area contributed by atoms with Crippen LogP contribution in [0.1, 0.15) is 36.1 Å². The summed E-state index contributed by atoms with van der Waals surface area (Å²) in [6.07, 6.45) is 0.999. The zero-order valence-electron chi connectivity index (χ0n) is 11.3. The van der Waals surface area contributed by atoms with Gasteiger partial charge in [-0.05, 0) is 42.9 Å². The third-order valence-corrected chi connectivity index (χ3v) is 3.51. The van der Waals surface area contributed by atoms with Crippen molar-refractivity contribution in [3.05, 3.63) is 34.9 Å². The smallest absolute Gasteiger partial charge is 0.0489 e. The molecule has 0 fully saturated rings. The van der Waals surface area contributed by atoms with E-state index in [0.29, 0.717) is 5.92 Å². The second-order valence-electron chi connectivity index (χ2n) is 4.69. The lowest BCUT2D eigenvalue weighted by molar-refractivity contribution is 0.170. The lowest BCUT2D eigenvalue weighted by atomic mass is 9.88. The molecule has 17 heavy (non-hydrogen) atoms. The van der Waals surface area contributed by atoms with Gasteiger partial charge in [0.05, 0.1) is 0 Å². The first kappa shape index (κ1) is 14.2. The highest BCUT2D eigenvalue weighted by atomic mass is 16.5. The fourth-order valence-corrected chi connectivity index (χ4v) is 2.14. The van der Waals surface area contributed by atoms with E-state index in [4.69, 9.17) is 10.6 Å². The maximum atomic E-state index is 5.71. The van der Waals surface area contributed by atoms with Gasteiger partial charge in [0, 0.05) is 19.8 Å². The number of hydrazine groups is 1. The Morgan fingerprint density at radius 3 is 2.65 bits per heavy atom. The highest BCUT2D eigenvalue weighted by molar-refractivity contribution is 5.35. The van der Waals surface area contributed by atoms with Crippen LogP contribution in [0, 0.1) is 19.8 Å². The minimum absolute atomic E-state index is 0.185. The minimum atomic E-state index is 0.185. The van der Waals surface area contributed by atoms with E-state index in [2.05, 4.69) is 44.4 Å². The second kappa shape index (κ2) is 6.74. The van der Waals surface area contributed by atoms with Gasteiger partial charge in [-0.2, -0.15) is 0 Å². The van der Waals surface area contributed by atoms with Crippen LogP contribution in [0.5, 0.6) is 0 Å². The van der Waals surface area contributed by atoms with Crippen LogP contribution in [0.2, 0.25) is 0 Å². The molecule has 3 nitrogen and oxygen atoms in total. The van der Waals surface area contributed by atoms with E-state index in [9.17, 15) is 0 Å². The van der Waals surface area contributed by atoms with Gasteiger partial charge in [-0.15, -0.1) is 0 Å². The van der Waals surface area contributed by atoms with Crippen LogP contribution in [0.4, 0.5) is 0 Å². The number of nitrogens with one attached hydrogen (secondary N) is 1. The summed E-state index contributed by atoms with van der Waals surface area (Å²) in [7, 11) is 1.73. The average molecular weight is 236 g/mol. The molecule has 0 aliphatic rings. The van der Waals surface area contributed by atoms with Gasteiger partial charge in [0.15, 0.2) is 0 Å². The number of methoxy groups -OCH3 is 1. The van der Waals surface area contributed by atoms with Gasteiger partial charge in [-0.3, -0.25) is 11.3 Å². The molecule has 0 amide bonds. The molecule has 3 N–H and O–H groups in total. The summed E-state index contributed by atoms with van der Waals surface area (Å²) in [5.74, 6) is 6.15. The normalized spacial score (nSPS) is 14.6. The van der Waals surface area contributed by atoms with Crippen molar-refractivity contribution in [3.8, 4) is 0 Å². The predicted molar refractivity (Wildman–Crippen MR) is 71.6 cm³/mol. The lowest BCUT2D eigenvalue weighted by Gasteiger charge is -2.25. The molecule has 96 valence electrons.